The molecule has 0 saturated heterocycles. The molecule has 0 nitrogen and oxygen atoms in total. The summed E-state index contributed by atoms with van der Waals surface area (Å²) in [5.41, 5.74) is 0. The van der Waals surface area contributed by atoms with Crippen molar-refractivity contribution >= 4 is 11.8 Å². The van der Waals surface area contributed by atoms with E-state index in [9.17, 15) is 8.78 Å². The predicted molar refractivity (Wildman–Crippen MR) is 35.1 cm³/mol. The van der Waals surface area contributed by atoms with Crippen LogP contribution >= 0.6 is 11.8 Å². The van der Waals surface area contributed by atoms with E-state index in [0.717, 1.165) is 17.8 Å². The number of hydrogen-bond acceptors (Lipinski definition) is 1. The van der Waals surface area contributed by atoms with Crippen LogP contribution in [0, 0.1) is 0 Å². The zero-order valence-electron chi connectivity index (χ0n) is 4.53. The molecule has 0 fully saturated rings. The van der Waals surface area contributed by atoms with Crippen molar-refractivity contribution in [1.82, 2.24) is 0 Å². The Bertz CT molecular complexity index is 203. The summed E-state index contributed by atoms with van der Waals surface area (Å²) in [7, 11) is 0. The fourth-order valence-electron chi connectivity index (χ4n) is 0.488. The highest BCUT2D eigenvalue weighted by Crippen LogP contribution is 2.32. The molecular weight excluding hydrogens is 142 g/mol. The molecule has 0 amide bonds. The highest BCUT2D eigenvalue weighted by molar-refractivity contribution is 8.06. The third kappa shape index (κ3) is 1.68. The summed E-state index contributed by atoms with van der Waals surface area (Å²) in [6, 6.07) is 0. The molecule has 0 aliphatic carbocycles. The molecule has 0 aromatic heterocycles. The Morgan fingerprint density at radius 1 is 1.33 bits per heavy atom. The van der Waals surface area contributed by atoms with Crippen molar-refractivity contribution in [3.8, 4) is 0 Å². The van der Waals surface area contributed by atoms with Gasteiger partial charge in [-0.1, -0.05) is 18.3 Å². The minimum atomic E-state index is -0.573. The molecule has 0 unspecified atom stereocenters. The van der Waals surface area contributed by atoms with E-state index >= 15 is 0 Å². The van der Waals surface area contributed by atoms with Gasteiger partial charge < -0.3 is 0 Å². The van der Waals surface area contributed by atoms with Crippen LogP contribution in [0.5, 0.6) is 0 Å². The third-order valence-corrected chi connectivity index (χ3v) is 1.47. The summed E-state index contributed by atoms with van der Waals surface area (Å²) in [6.07, 6.45) is 2.02. The second kappa shape index (κ2) is 2.35. The molecule has 0 N–H and O–H groups in total. The molecule has 3 heteroatoms. The van der Waals surface area contributed by atoms with Crippen molar-refractivity contribution in [2.75, 3.05) is 0 Å². The molecule has 0 spiro atoms. The van der Waals surface area contributed by atoms with Gasteiger partial charge in [-0.3, -0.25) is 0 Å². The topological polar surface area (TPSA) is 0 Å². The zero-order valence-corrected chi connectivity index (χ0v) is 5.34. The summed E-state index contributed by atoms with van der Waals surface area (Å²) in [6.45, 7) is 3.38. The van der Waals surface area contributed by atoms with Gasteiger partial charge in [-0.15, -0.1) is 0 Å². The molecule has 48 valence electrons. The maximum Gasteiger partial charge on any atom is 0.164 e. The predicted octanol–water partition coefficient (Wildman–Crippen LogP) is 2.91. The first-order chi connectivity index (χ1) is 4.18. The fraction of sp³-hybridized carbons (Fsp3) is 0. The van der Waals surface area contributed by atoms with E-state index in [2.05, 4.69) is 6.58 Å². The van der Waals surface area contributed by atoms with Crippen LogP contribution in [0.3, 0.4) is 0 Å². The van der Waals surface area contributed by atoms with E-state index in [1.165, 1.54) is 6.08 Å². The van der Waals surface area contributed by atoms with E-state index in [1.807, 2.05) is 0 Å². The Hall–Kier alpha value is -0.570. The van der Waals surface area contributed by atoms with Crippen molar-refractivity contribution in [2.24, 2.45) is 0 Å². The lowest BCUT2D eigenvalue weighted by atomic mass is 10.4. The second-order valence-corrected chi connectivity index (χ2v) is 2.66. The molecule has 0 saturated carbocycles. The van der Waals surface area contributed by atoms with Gasteiger partial charge >= 0.3 is 0 Å². The normalized spacial score (nSPS) is 19.1. The van der Waals surface area contributed by atoms with Crippen molar-refractivity contribution < 1.29 is 8.78 Å². The average molecular weight is 146 g/mol. The number of allylic oxidation sites excluding steroid dienone is 3. The smallest absolute Gasteiger partial charge is 0.164 e. The van der Waals surface area contributed by atoms with Gasteiger partial charge in [0.25, 0.3) is 0 Å². The molecule has 0 bridgehead atoms. The standard InChI is InChI=1S/C6H4F2S/c1-4-2-5(7)3-6(8)9-4/h2-3H,1H2. The lowest BCUT2D eigenvalue weighted by Gasteiger charge is -2.01. The van der Waals surface area contributed by atoms with E-state index in [-0.39, 0.29) is 0 Å². The van der Waals surface area contributed by atoms with Crippen LogP contribution in [0.2, 0.25) is 0 Å². The molecule has 1 rings (SSSR count). The van der Waals surface area contributed by atoms with Gasteiger partial charge in [-0.05, 0) is 6.08 Å². The minimum absolute atomic E-state index is 0.396. The Balaban J connectivity index is 2.86. The van der Waals surface area contributed by atoms with Gasteiger partial charge in [-0.2, -0.15) is 4.39 Å². The first kappa shape index (κ1) is 6.55. The molecule has 0 aromatic rings. The lowest BCUT2D eigenvalue weighted by Crippen LogP contribution is -1.78. The fourth-order valence-corrected chi connectivity index (χ4v) is 1.08. The maximum atomic E-state index is 12.2. The van der Waals surface area contributed by atoms with Crippen LogP contribution in [0.25, 0.3) is 0 Å². The first-order valence-electron chi connectivity index (χ1n) is 2.29. The molecule has 9 heavy (non-hydrogen) atoms. The van der Waals surface area contributed by atoms with E-state index in [0.29, 0.717) is 4.91 Å². The number of halogens is 2. The Labute approximate surface area is 55.9 Å². The summed E-state index contributed by atoms with van der Waals surface area (Å²) in [5.74, 6) is -0.573. The average Bonchev–Trinajstić information content (AvgIpc) is 1.59. The van der Waals surface area contributed by atoms with Crippen LogP contribution in [-0.4, -0.2) is 0 Å². The van der Waals surface area contributed by atoms with Gasteiger partial charge in [0.05, 0.1) is 0 Å². The highest BCUT2D eigenvalue weighted by atomic mass is 32.2. The molecule has 1 aliphatic heterocycles. The van der Waals surface area contributed by atoms with Crippen molar-refractivity contribution in [1.29, 1.82) is 0 Å². The van der Waals surface area contributed by atoms with Gasteiger partial charge in [-0.25, -0.2) is 4.39 Å². The SMILES string of the molecule is C=C1C=C(F)C=C(F)S1. The molecule has 1 heterocycles. The third-order valence-electron chi connectivity index (χ3n) is 0.779. The van der Waals surface area contributed by atoms with Crippen LogP contribution in [0.1, 0.15) is 0 Å². The summed E-state index contributed by atoms with van der Waals surface area (Å²) in [4.78, 5) is 0.396. The monoisotopic (exact) mass is 146 g/mol. The Kier molecular flexibility index (Phi) is 1.71. The highest BCUT2D eigenvalue weighted by Gasteiger charge is 2.06. The minimum Gasteiger partial charge on any atom is -0.207 e. The molecule has 0 atom stereocenters. The largest absolute Gasteiger partial charge is 0.207 e. The molecule has 0 radical (unpaired) electrons. The quantitative estimate of drug-likeness (QED) is 0.506. The number of thioether (sulfide) groups is 1. The number of hydrogen-bond donors (Lipinski definition) is 0. The maximum absolute atomic E-state index is 12.2. The van der Waals surface area contributed by atoms with Gasteiger partial charge in [0.1, 0.15) is 5.83 Å². The zero-order chi connectivity index (χ0) is 6.85. The van der Waals surface area contributed by atoms with Crippen molar-refractivity contribution in [2.45, 2.75) is 0 Å². The van der Waals surface area contributed by atoms with Crippen LogP contribution in [0.15, 0.2) is 34.6 Å². The molecular formula is C6H4F2S. The number of rotatable bonds is 0. The Morgan fingerprint density at radius 3 is 2.44 bits per heavy atom. The van der Waals surface area contributed by atoms with Gasteiger partial charge in [0.15, 0.2) is 5.16 Å². The van der Waals surface area contributed by atoms with E-state index in [1.54, 1.807) is 0 Å². The lowest BCUT2D eigenvalue weighted by molar-refractivity contribution is 0.643. The molecule has 0 aromatic carbocycles. The van der Waals surface area contributed by atoms with Crippen molar-refractivity contribution in [3.05, 3.63) is 34.6 Å². The van der Waals surface area contributed by atoms with E-state index < -0.39 is 11.0 Å². The van der Waals surface area contributed by atoms with Crippen LogP contribution < -0.4 is 0 Å². The first-order valence-corrected chi connectivity index (χ1v) is 3.11. The van der Waals surface area contributed by atoms with Crippen molar-refractivity contribution in [3.63, 3.8) is 0 Å². The summed E-state index contributed by atoms with van der Waals surface area (Å²) >= 11 is 0.829. The Morgan fingerprint density at radius 2 is 2.00 bits per heavy atom. The van der Waals surface area contributed by atoms with Crippen LogP contribution in [0.4, 0.5) is 8.78 Å². The van der Waals surface area contributed by atoms with Gasteiger partial charge in [0, 0.05) is 11.0 Å². The summed E-state index contributed by atoms with van der Waals surface area (Å²) in [5, 5.41) is -0.542. The summed E-state index contributed by atoms with van der Waals surface area (Å²) < 4.78 is 24.3. The second-order valence-electron chi connectivity index (χ2n) is 1.55. The van der Waals surface area contributed by atoms with E-state index in [4.69, 9.17) is 0 Å². The van der Waals surface area contributed by atoms with Crippen LogP contribution in [-0.2, 0) is 0 Å². The van der Waals surface area contributed by atoms with Gasteiger partial charge in [0.2, 0.25) is 0 Å². The molecule has 1 aliphatic rings.